The van der Waals surface area contributed by atoms with Crippen LogP contribution in [0.4, 0.5) is 5.69 Å². The Kier molecular flexibility index (Phi) is 2.51. The third-order valence-corrected chi connectivity index (χ3v) is 3.52. The zero-order chi connectivity index (χ0) is 12.8. The summed E-state index contributed by atoms with van der Waals surface area (Å²) < 4.78 is 5.89. The smallest absolute Gasteiger partial charge is 0.144 e. The van der Waals surface area contributed by atoms with Gasteiger partial charge in [-0.05, 0) is 39.3 Å². The Morgan fingerprint density at radius 1 is 1.28 bits per heavy atom. The maximum atomic E-state index is 5.89. The Bertz CT molecular complexity index is 565. The highest BCUT2D eigenvalue weighted by Crippen LogP contribution is 2.38. The minimum atomic E-state index is 0.117. The van der Waals surface area contributed by atoms with Crippen LogP contribution in [0, 0.1) is 0 Å². The Morgan fingerprint density at radius 2 is 2.11 bits per heavy atom. The van der Waals surface area contributed by atoms with Gasteiger partial charge < -0.3 is 14.6 Å². The van der Waals surface area contributed by atoms with Crippen LogP contribution in [0.1, 0.15) is 27.2 Å². The number of hydrogen-bond acceptors (Lipinski definition) is 2. The summed E-state index contributed by atoms with van der Waals surface area (Å²) in [7, 11) is 0. The normalized spacial score (nSPS) is 16.3. The topological polar surface area (TPSA) is 28.3 Å². The number of H-pyrrole nitrogens is 1. The molecule has 3 rings (SSSR count). The number of aromatic nitrogens is 1. The molecule has 0 radical (unpaired) electrons. The summed E-state index contributed by atoms with van der Waals surface area (Å²) in [4.78, 5) is 5.69. The van der Waals surface area contributed by atoms with Crippen molar-refractivity contribution in [3.63, 3.8) is 0 Å². The molecule has 1 aliphatic heterocycles. The van der Waals surface area contributed by atoms with Gasteiger partial charge in [0.1, 0.15) is 5.75 Å². The minimum absolute atomic E-state index is 0.117. The maximum absolute atomic E-state index is 5.89. The molecular formula is C15H20N2O. The molecule has 3 heteroatoms. The van der Waals surface area contributed by atoms with Crippen molar-refractivity contribution in [1.29, 1.82) is 0 Å². The molecule has 2 heterocycles. The minimum Gasteiger partial charge on any atom is -0.491 e. The van der Waals surface area contributed by atoms with E-state index >= 15 is 0 Å². The summed E-state index contributed by atoms with van der Waals surface area (Å²) in [6.45, 7) is 8.61. The van der Waals surface area contributed by atoms with Crippen molar-refractivity contribution in [2.24, 2.45) is 0 Å². The van der Waals surface area contributed by atoms with E-state index in [1.807, 2.05) is 6.20 Å². The molecule has 3 nitrogen and oxygen atoms in total. The van der Waals surface area contributed by atoms with Crippen LogP contribution in [0.15, 0.2) is 24.4 Å². The predicted molar refractivity (Wildman–Crippen MR) is 75.5 cm³/mol. The zero-order valence-electron chi connectivity index (χ0n) is 11.3. The summed E-state index contributed by atoms with van der Waals surface area (Å²) in [5, 5.41) is 1.24. The van der Waals surface area contributed by atoms with Gasteiger partial charge in [0.25, 0.3) is 0 Å². The van der Waals surface area contributed by atoms with Crippen molar-refractivity contribution in [1.82, 2.24) is 4.98 Å². The van der Waals surface area contributed by atoms with Gasteiger partial charge >= 0.3 is 0 Å². The molecule has 0 unspecified atom stereocenters. The summed E-state index contributed by atoms with van der Waals surface area (Å²) in [5.74, 6) is 0.998. The van der Waals surface area contributed by atoms with Crippen molar-refractivity contribution < 1.29 is 4.74 Å². The van der Waals surface area contributed by atoms with Gasteiger partial charge in [-0.15, -0.1) is 0 Å². The Labute approximate surface area is 108 Å². The third-order valence-electron chi connectivity index (χ3n) is 3.52. The summed E-state index contributed by atoms with van der Waals surface area (Å²) in [5.41, 5.74) is 2.48. The molecule has 1 N–H and O–H groups in total. The predicted octanol–water partition coefficient (Wildman–Crippen LogP) is 3.56. The van der Waals surface area contributed by atoms with E-state index in [1.165, 1.54) is 11.1 Å². The first-order chi connectivity index (χ1) is 8.55. The van der Waals surface area contributed by atoms with Crippen molar-refractivity contribution in [3.8, 4) is 5.75 Å². The second-order valence-corrected chi connectivity index (χ2v) is 5.91. The third kappa shape index (κ3) is 1.84. The molecule has 0 fully saturated rings. The summed E-state index contributed by atoms with van der Waals surface area (Å²) in [6.07, 6.45) is 3.05. The van der Waals surface area contributed by atoms with Crippen LogP contribution in [-0.4, -0.2) is 23.7 Å². The lowest BCUT2D eigenvalue weighted by Gasteiger charge is -2.37. The number of hydrogen-bond donors (Lipinski definition) is 1. The average Bonchev–Trinajstić information content (AvgIpc) is 2.62. The number of nitrogens with zero attached hydrogens (tertiary/aromatic N) is 1. The molecule has 0 aliphatic carbocycles. The first-order valence-corrected chi connectivity index (χ1v) is 6.57. The van der Waals surface area contributed by atoms with E-state index in [-0.39, 0.29) is 5.54 Å². The largest absolute Gasteiger partial charge is 0.491 e. The van der Waals surface area contributed by atoms with Gasteiger partial charge in [0.05, 0.1) is 12.3 Å². The van der Waals surface area contributed by atoms with Crippen molar-refractivity contribution in [2.45, 2.75) is 32.7 Å². The fourth-order valence-corrected chi connectivity index (χ4v) is 2.62. The monoisotopic (exact) mass is 244 g/mol. The van der Waals surface area contributed by atoms with Gasteiger partial charge in [0, 0.05) is 35.2 Å². The van der Waals surface area contributed by atoms with Crippen molar-refractivity contribution in [2.75, 3.05) is 18.1 Å². The van der Waals surface area contributed by atoms with Gasteiger partial charge in [-0.1, -0.05) is 0 Å². The van der Waals surface area contributed by atoms with Crippen LogP contribution in [0.25, 0.3) is 10.9 Å². The Hall–Kier alpha value is -1.64. The van der Waals surface area contributed by atoms with Gasteiger partial charge in [0.15, 0.2) is 0 Å². The zero-order valence-corrected chi connectivity index (χ0v) is 11.3. The lowest BCUT2D eigenvalue weighted by molar-refractivity contribution is 0.322. The maximum Gasteiger partial charge on any atom is 0.144 e. The van der Waals surface area contributed by atoms with Gasteiger partial charge in [0.2, 0.25) is 0 Å². The van der Waals surface area contributed by atoms with Crippen LogP contribution in [-0.2, 0) is 0 Å². The van der Waals surface area contributed by atoms with Crippen LogP contribution < -0.4 is 9.64 Å². The van der Waals surface area contributed by atoms with Crippen LogP contribution in [0.5, 0.6) is 5.75 Å². The van der Waals surface area contributed by atoms with Gasteiger partial charge in [-0.3, -0.25) is 0 Å². The number of aromatic amines is 1. The summed E-state index contributed by atoms with van der Waals surface area (Å²) in [6, 6.07) is 6.47. The number of nitrogens with one attached hydrogen (secondary N) is 1. The lowest BCUT2D eigenvalue weighted by atomic mass is 10.0. The molecule has 96 valence electrons. The molecule has 0 bridgehead atoms. The number of rotatable bonds is 0. The highest BCUT2D eigenvalue weighted by atomic mass is 16.5. The molecule has 2 aromatic rings. The molecule has 18 heavy (non-hydrogen) atoms. The fourth-order valence-electron chi connectivity index (χ4n) is 2.62. The molecule has 0 saturated heterocycles. The van der Waals surface area contributed by atoms with E-state index in [4.69, 9.17) is 4.74 Å². The highest BCUT2D eigenvalue weighted by molar-refractivity contribution is 5.87. The number of anilines is 1. The quantitative estimate of drug-likeness (QED) is 0.767. The van der Waals surface area contributed by atoms with Crippen molar-refractivity contribution >= 4 is 16.6 Å². The molecule has 1 aliphatic rings. The first kappa shape index (κ1) is 11.5. The second-order valence-electron chi connectivity index (χ2n) is 5.91. The molecule has 1 aromatic carbocycles. The molecule has 0 saturated carbocycles. The van der Waals surface area contributed by atoms with E-state index in [0.29, 0.717) is 0 Å². The van der Waals surface area contributed by atoms with Crippen LogP contribution in [0.2, 0.25) is 0 Å². The number of benzene rings is 1. The van der Waals surface area contributed by atoms with E-state index in [0.717, 1.165) is 30.8 Å². The Balaban J connectivity index is 2.18. The standard InChI is InChI=1S/C15H20N2O/c1-15(2,3)17-7-4-8-18-14-10-12-11(5-6-16-12)9-13(14)17/h5-6,9-10,16H,4,7-8H2,1-3H3. The average molecular weight is 244 g/mol. The summed E-state index contributed by atoms with van der Waals surface area (Å²) >= 11 is 0. The van der Waals surface area contributed by atoms with Gasteiger partial charge in [-0.25, -0.2) is 0 Å². The van der Waals surface area contributed by atoms with Crippen LogP contribution in [0.3, 0.4) is 0 Å². The Morgan fingerprint density at radius 3 is 2.89 bits per heavy atom. The molecule has 0 spiro atoms. The molecule has 0 atom stereocenters. The molecule has 0 amide bonds. The highest BCUT2D eigenvalue weighted by Gasteiger charge is 2.26. The molecule has 1 aromatic heterocycles. The number of ether oxygens (including phenoxy) is 1. The van der Waals surface area contributed by atoms with Crippen LogP contribution >= 0.6 is 0 Å². The first-order valence-electron chi connectivity index (χ1n) is 6.57. The fraction of sp³-hybridized carbons (Fsp3) is 0.467. The van der Waals surface area contributed by atoms with E-state index in [9.17, 15) is 0 Å². The molecular weight excluding hydrogens is 224 g/mol. The van der Waals surface area contributed by atoms with Gasteiger partial charge in [-0.2, -0.15) is 0 Å². The van der Waals surface area contributed by atoms with Crippen molar-refractivity contribution in [3.05, 3.63) is 24.4 Å². The SMILES string of the molecule is CC(C)(C)N1CCCOc2cc3[nH]ccc3cc21. The number of fused-ring (bicyclic) bond motifs is 2. The second kappa shape index (κ2) is 3.94. The van der Waals surface area contributed by atoms with E-state index in [2.05, 4.69) is 48.9 Å². The van der Waals surface area contributed by atoms with E-state index in [1.54, 1.807) is 0 Å². The van der Waals surface area contributed by atoms with E-state index < -0.39 is 0 Å². The lowest BCUT2D eigenvalue weighted by Crippen LogP contribution is -2.41.